The Morgan fingerprint density at radius 2 is 1.96 bits per heavy atom. The molecule has 0 atom stereocenters. The van der Waals surface area contributed by atoms with Gasteiger partial charge in [0.2, 0.25) is 5.95 Å². The normalized spacial score (nSPS) is 17.4. The molecule has 0 amide bonds. The number of rotatable bonds is 5. The smallest absolute Gasteiger partial charge is 0.370 e. The Morgan fingerprint density at radius 1 is 1.25 bits per heavy atom. The zero-order valence-corrected chi connectivity index (χ0v) is 13.4. The highest BCUT2D eigenvalue weighted by Gasteiger charge is 2.32. The lowest BCUT2D eigenvalue weighted by molar-refractivity contribution is -0.141. The van der Waals surface area contributed by atoms with Gasteiger partial charge in [0, 0.05) is 18.8 Å². The summed E-state index contributed by atoms with van der Waals surface area (Å²) < 4.78 is 37.6. The van der Waals surface area contributed by atoms with Gasteiger partial charge in [0.05, 0.1) is 6.54 Å². The number of nitrogens with zero attached hydrogens (tertiary/aromatic N) is 3. The number of nitrogens with one attached hydrogen (secondary N) is 2. The maximum atomic E-state index is 12.5. The van der Waals surface area contributed by atoms with Crippen LogP contribution in [0.5, 0.6) is 0 Å². The molecule has 0 radical (unpaired) electrons. The summed E-state index contributed by atoms with van der Waals surface area (Å²) in [6, 6.07) is 1.19. The standard InChI is InChI=1S/C15H23F3N6/c16-15(17,18)12-7-8-21-14(24-12)22-10-9-20-13(19)23-11-5-3-1-2-4-6-11/h7-8,11H,1-6,9-10H2,(H3,19,20,23)(H,21,22,24). The van der Waals surface area contributed by atoms with Gasteiger partial charge in [0.25, 0.3) is 0 Å². The highest BCUT2D eigenvalue weighted by molar-refractivity contribution is 5.78. The number of alkyl halides is 3. The molecule has 0 aliphatic heterocycles. The average molecular weight is 344 g/mol. The minimum absolute atomic E-state index is 0.0738. The van der Waals surface area contributed by atoms with Crippen LogP contribution in [0.3, 0.4) is 0 Å². The van der Waals surface area contributed by atoms with Crippen molar-refractivity contribution in [3.63, 3.8) is 0 Å². The summed E-state index contributed by atoms with van der Waals surface area (Å²) in [6.45, 7) is 0.625. The topological polar surface area (TPSA) is 88.2 Å². The van der Waals surface area contributed by atoms with Crippen LogP contribution < -0.4 is 16.4 Å². The summed E-state index contributed by atoms with van der Waals surface area (Å²) in [4.78, 5) is 11.4. The molecule has 1 aliphatic carbocycles. The van der Waals surface area contributed by atoms with Gasteiger partial charge in [-0.05, 0) is 18.9 Å². The molecule has 1 heterocycles. The van der Waals surface area contributed by atoms with Crippen LogP contribution in [0.25, 0.3) is 0 Å². The second-order valence-corrected chi connectivity index (χ2v) is 5.79. The van der Waals surface area contributed by atoms with E-state index in [1.165, 1.54) is 25.7 Å². The zero-order valence-electron chi connectivity index (χ0n) is 13.4. The third-order valence-electron chi connectivity index (χ3n) is 3.83. The van der Waals surface area contributed by atoms with Gasteiger partial charge in [-0.2, -0.15) is 13.2 Å². The van der Waals surface area contributed by atoms with Gasteiger partial charge in [0.15, 0.2) is 5.96 Å². The summed E-state index contributed by atoms with van der Waals surface area (Å²) in [7, 11) is 0. The van der Waals surface area contributed by atoms with Crippen molar-refractivity contribution in [2.75, 3.05) is 18.4 Å². The van der Waals surface area contributed by atoms with Crippen LogP contribution in [0.2, 0.25) is 0 Å². The summed E-state index contributed by atoms with van der Waals surface area (Å²) >= 11 is 0. The molecule has 0 saturated heterocycles. The van der Waals surface area contributed by atoms with Crippen LogP contribution >= 0.6 is 0 Å². The third kappa shape index (κ3) is 6.21. The van der Waals surface area contributed by atoms with Crippen molar-refractivity contribution in [2.24, 2.45) is 10.7 Å². The van der Waals surface area contributed by atoms with E-state index in [1.54, 1.807) is 0 Å². The van der Waals surface area contributed by atoms with Gasteiger partial charge < -0.3 is 16.4 Å². The van der Waals surface area contributed by atoms with E-state index in [4.69, 9.17) is 5.73 Å². The highest BCUT2D eigenvalue weighted by Crippen LogP contribution is 2.27. The van der Waals surface area contributed by atoms with Gasteiger partial charge in [-0.15, -0.1) is 0 Å². The molecular formula is C15H23F3N6. The molecule has 134 valence electrons. The molecule has 9 heteroatoms. The molecule has 6 nitrogen and oxygen atoms in total. The van der Waals surface area contributed by atoms with E-state index in [2.05, 4.69) is 25.6 Å². The first-order chi connectivity index (χ1) is 11.4. The monoisotopic (exact) mass is 344 g/mol. The van der Waals surface area contributed by atoms with Crippen LogP contribution in [-0.2, 0) is 6.18 Å². The molecule has 1 aliphatic rings. The van der Waals surface area contributed by atoms with E-state index in [0.717, 1.165) is 25.1 Å². The Kier molecular flexibility index (Phi) is 6.62. The number of nitrogens with two attached hydrogens (primary N) is 1. The number of halogens is 3. The summed E-state index contributed by atoms with van der Waals surface area (Å²) in [5.74, 6) is 0.295. The predicted octanol–water partition coefficient (Wildman–Crippen LogP) is 2.53. The molecule has 1 fully saturated rings. The summed E-state index contributed by atoms with van der Waals surface area (Å²) in [5, 5.41) is 5.92. The van der Waals surface area contributed by atoms with Crippen molar-refractivity contribution in [2.45, 2.75) is 50.7 Å². The quantitative estimate of drug-likeness (QED) is 0.331. The third-order valence-corrected chi connectivity index (χ3v) is 3.83. The highest BCUT2D eigenvalue weighted by atomic mass is 19.4. The van der Waals surface area contributed by atoms with Crippen molar-refractivity contribution in [1.82, 2.24) is 15.3 Å². The maximum Gasteiger partial charge on any atom is 0.433 e. The molecule has 2 rings (SSSR count). The Labute approximate surface area is 139 Å². The van der Waals surface area contributed by atoms with Crippen LogP contribution in [0.1, 0.15) is 44.2 Å². The first kappa shape index (κ1) is 18.3. The van der Waals surface area contributed by atoms with Gasteiger partial charge >= 0.3 is 6.18 Å². The Balaban J connectivity index is 1.75. The van der Waals surface area contributed by atoms with E-state index in [9.17, 15) is 13.2 Å². The summed E-state index contributed by atoms with van der Waals surface area (Å²) in [6.07, 6.45) is 3.68. The fourth-order valence-corrected chi connectivity index (χ4v) is 2.62. The second-order valence-electron chi connectivity index (χ2n) is 5.79. The van der Waals surface area contributed by atoms with Gasteiger partial charge in [-0.25, -0.2) is 9.97 Å². The fourth-order valence-electron chi connectivity index (χ4n) is 2.62. The summed E-state index contributed by atoms with van der Waals surface area (Å²) in [5.41, 5.74) is 4.87. The molecule has 4 N–H and O–H groups in total. The minimum Gasteiger partial charge on any atom is -0.370 e. The van der Waals surface area contributed by atoms with E-state index < -0.39 is 11.9 Å². The van der Waals surface area contributed by atoms with Crippen molar-refractivity contribution in [3.8, 4) is 0 Å². The van der Waals surface area contributed by atoms with Crippen LogP contribution in [-0.4, -0.2) is 35.1 Å². The van der Waals surface area contributed by atoms with Crippen LogP contribution in [0, 0.1) is 0 Å². The van der Waals surface area contributed by atoms with Crippen molar-refractivity contribution < 1.29 is 13.2 Å². The van der Waals surface area contributed by atoms with E-state index in [-0.39, 0.29) is 5.95 Å². The molecule has 0 spiro atoms. The zero-order chi connectivity index (χ0) is 17.4. The van der Waals surface area contributed by atoms with Crippen molar-refractivity contribution >= 4 is 11.9 Å². The number of aromatic nitrogens is 2. The fraction of sp³-hybridized carbons (Fsp3) is 0.667. The number of hydrogen-bond donors (Lipinski definition) is 3. The number of anilines is 1. The number of guanidine groups is 1. The van der Waals surface area contributed by atoms with Crippen molar-refractivity contribution in [1.29, 1.82) is 0 Å². The minimum atomic E-state index is -4.48. The largest absolute Gasteiger partial charge is 0.433 e. The Hall–Kier alpha value is -2.06. The number of aliphatic imine (C=N–C) groups is 1. The Bertz CT molecular complexity index is 538. The van der Waals surface area contributed by atoms with Gasteiger partial charge in [0.1, 0.15) is 5.69 Å². The lowest BCUT2D eigenvalue weighted by atomic mass is 10.1. The van der Waals surface area contributed by atoms with E-state index >= 15 is 0 Å². The lowest BCUT2D eigenvalue weighted by Crippen LogP contribution is -2.40. The predicted molar refractivity (Wildman–Crippen MR) is 86.6 cm³/mol. The molecule has 1 aromatic rings. The van der Waals surface area contributed by atoms with Crippen molar-refractivity contribution in [3.05, 3.63) is 18.0 Å². The van der Waals surface area contributed by atoms with E-state index in [1.807, 2.05) is 0 Å². The maximum absolute atomic E-state index is 12.5. The molecule has 24 heavy (non-hydrogen) atoms. The first-order valence-electron chi connectivity index (χ1n) is 8.16. The number of hydrogen-bond acceptors (Lipinski definition) is 4. The SMILES string of the molecule is NC(=NCCNc1nccc(C(F)(F)F)n1)NC1CCCCCC1. The molecular weight excluding hydrogens is 321 g/mol. The Morgan fingerprint density at radius 3 is 2.62 bits per heavy atom. The molecule has 1 aromatic heterocycles. The van der Waals surface area contributed by atoms with E-state index in [0.29, 0.717) is 25.1 Å². The molecule has 0 unspecified atom stereocenters. The molecule has 0 aromatic carbocycles. The molecule has 0 bridgehead atoms. The van der Waals surface area contributed by atoms with Gasteiger partial charge in [-0.1, -0.05) is 25.7 Å². The first-order valence-corrected chi connectivity index (χ1v) is 8.16. The average Bonchev–Trinajstić information content (AvgIpc) is 2.80. The van der Waals surface area contributed by atoms with Crippen LogP contribution in [0.15, 0.2) is 17.3 Å². The lowest BCUT2D eigenvalue weighted by Gasteiger charge is -2.16. The van der Waals surface area contributed by atoms with Crippen LogP contribution in [0.4, 0.5) is 19.1 Å². The molecule has 1 saturated carbocycles. The second kappa shape index (κ2) is 8.70. The van der Waals surface area contributed by atoms with Gasteiger partial charge in [-0.3, -0.25) is 4.99 Å².